The van der Waals surface area contributed by atoms with E-state index in [1.54, 1.807) is 30.3 Å². The van der Waals surface area contributed by atoms with Crippen molar-refractivity contribution in [3.63, 3.8) is 0 Å². The maximum atomic E-state index is 13.8. The molecule has 0 aliphatic carbocycles. The zero-order valence-electron chi connectivity index (χ0n) is 12.9. The van der Waals surface area contributed by atoms with Crippen LogP contribution in [-0.4, -0.2) is 32.2 Å². The predicted octanol–water partition coefficient (Wildman–Crippen LogP) is 3.76. The summed E-state index contributed by atoms with van der Waals surface area (Å²) in [5, 5.41) is 9.07. The molecular weight excluding hydrogens is 365 g/mol. The molecule has 1 fully saturated rings. The Labute approximate surface area is 152 Å². The topological polar surface area (TPSA) is 70.8 Å². The van der Waals surface area contributed by atoms with Gasteiger partial charge in [-0.15, -0.1) is 0 Å². The first kappa shape index (κ1) is 17.4. The van der Waals surface area contributed by atoms with E-state index in [2.05, 4.69) is 0 Å². The zero-order valence-corrected chi connectivity index (χ0v) is 14.6. The van der Waals surface area contributed by atoms with Crippen molar-refractivity contribution in [2.75, 3.05) is 0 Å². The van der Waals surface area contributed by atoms with Gasteiger partial charge in [0.25, 0.3) is 5.91 Å². The predicted molar refractivity (Wildman–Crippen MR) is 96.2 cm³/mol. The van der Waals surface area contributed by atoms with Crippen LogP contribution in [0.5, 0.6) is 0 Å². The van der Waals surface area contributed by atoms with Gasteiger partial charge in [0.15, 0.2) is 0 Å². The zero-order chi connectivity index (χ0) is 18.1. The number of aliphatic carboxylic acids is 1. The molecule has 5 nitrogen and oxygen atoms in total. The van der Waals surface area contributed by atoms with Gasteiger partial charge in [0.1, 0.15) is 27.7 Å². The molecular formula is C17H12FNO4S2. The summed E-state index contributed by atoms with van der Waals surface area (Å²) < 4.78 is 19.6. The molecule has 0 radical (unpaired) electrons. The lowest BCUT2D eigenvalue weighted by Crippen LogP contribution is -2.41. The number of carboxylic acids is 1. The van der Waals surface area contributed by atoms with Crippen LogP contribution in [0.4, 0.5) is 4.39 Å². The minimum atomic E-state index is -1.14. The maximum absolute atomic E-state index is 13.8. The lowest BCUT2D eigenvalue weighted by atomic mass is 10.1. The summed E-state index contributed by atoms with van der Waals surface area (Å²) >= 11 is 6.09. The normalized spacial score (nSPS) is 17.4. The van der Waals surface area contributed by atoms with Crippen LogP contribution in [-0.2, 0) is 9.59 Å². The van der Waals surface area contributed by atoms with Crippen LogP contribution in [0.25, 0.3) is 17.4 Å². The number of hydrogen-bond acceptors (Lipinski definition) is 5. The fraction of sp³-hybridized carbons (Fsp3) is 0.118. The van der Waals surface area contributed by atoms with Gasteiger partial charge in [0.05, 0.1) is 10.5 Å². The SMILES string of the molecule is CC(C(=O)O)N1C(=O)/C(=C\c2ccc(-c3ccccc3F)o2)SC1=S. The third kappa shape index (κ3) is 3.35. The number of carboxylic acid groups (broad SMARTS) is 1. The highest BCUT2D eigenvalue weighted by Gasteiger charge is 2.38. The van der Waals surface area contributed by atoms with Gasteiger partial charge in [-0.3, -0.25) is 9.69 Å². The standard InChI is InChI=1S/C17H12FNO4S2/c1-9(16(21)22)19-15(20)14(25-17(19)24)8-10-6-7-13(23-10)11-4-2-3-5-12(11)18/h2-9H,1H3,(H,21,22)/b14-8+. The highest BCUT2D eigenvalue weighted by molar-refractivity contribution is 8.26. The Kier molecular flexibility index (Phi) is 4.73. The van der Waals surface area contributed by atoms with Crippen LogP contribution < -0.4 is 0 Å². The summed E-state index contributed by atoms with van der Waals surface area (Å²) in [5.74, 6) is -1.36. The van der Waals surface area contributed by atoms with Gasteiger partial charge in [-0.05, 0) is 31.2 Å². The Balaban J connectivity index is 1.88. The lowest BCUT2D eigenvalue weighted by Gasteiger charge is -2.18. The molecule has 1 atom stereocenters. The first-order valence-corrected chi connectivity index (χ1v) is 8.45. The minimum absolute atomic E-state index is 0.173. The number of carbonyl (C=O) groups excluding carboxylic acids is 1. The molecule has 25 heavy (non-hydrogen) atoms. The van der Waals surface area contributed by atoms with Gasteiger partial charge >= 0.3 is 5.97 Å². The summed E-state index contributed by atoms with van der Waals surface area (Å²) in [6.45, 7) is 1.39. The third-order valence-corrected chi connectivity index (χ3v) is 4.94. The molecule has 1 unspecified atom stereocenters. The summed E-state index contributed by atoms with van der Waals surface area (Å²) in [4.78, 5) is 24.8. The van der Waals surface area contributed by atoms with E-state index in [9.17, 15) is 14.0 Å². The second kappa shape index (κ2) is 6.81. The highest BCUT2D eigenvalue weighted by Crippen LogP contribution is 2.35. The quantitative estimate of drug-likeness (QED) is 0.646. The number of nitrogens with zero attached hydrogens (tertiary/aromatic N) is 1. The second-order valence-electron chi connectivity index (χ2n) is 5.25. The summed E-state index contributed by atoms with van der Waals surface area (Å²) in [6, 6.07) is 8.35. The van der Waals surface area contributed by atoms with Crippen LogP contribution in [0.15, 0.2) is 45.7 Å². The van der Waals surface area contributed by atoms with E-state index in [-0.39, 0.29) is 9.23 Å². The van der Waals surface area contributed by atoms with E-state index in [4.69, 9.17) is 21.7 Å². The van der Waals surface area contributed by atoms with E-state index in [0.717, 1.165) is 16.7 Å². The largest absolute Gasteiger partial charge is 0.480 e. The summed E-state index contributed by atoms with van der Waals surface area (Å²) in [7, 11) is 0. The average Bonchev–Trinajstić information content (AvgIpc) is 3.13. The number of benzene rings is 1. The monoisotopic (exact) mass is 377 g/mol. The van der Waals surface area contributed by atoms with Crippen molar-refractivity contribution in [3.8, 4) is 11.3 Å². The molecule has 2 heterocycles. The van der Waals surface area contributed by atoms with Crippen molar-refractivity contribution < 1.29 is 23.5 Å². The molecule has 0 bridgehead atoms. The fourth-order valence-electron chi connectivity index (χ4n) is 2.29. The molecule has 8 heteroatoms. The molecule has 1 N–H and O–H groups in total. The van der Waals surface area contributed by atoms with Gasteiger partial charge in [-0.25, -0.2) is 9.18 Å². The molecule has 3 rings (SSSR count). The van der Waals surface area contributed by atoms with Crippen molar-refractivity contribution in [1.29, 1.82) is 0 Å². The van der Waals surface area contributed by atoms with Crippen LogP contribution in [0, 0.1) is 5.82 Å². The third-order valence-electron chi connectivity index (χ3n) is 3.61. The first-order valence-electron chi connectivity index (χ1n) is 7.23. The van der Waals surface area contributed by atoms with Crippen molar-refractivity contribution in [1.82, 2.24) is 4.90 Å². The first-order chi connectivity index (χ1) is 11.9. The molecule has 1 aromatic carbocycles. The molecule has 1 saturated heterocycles. The number of carbonyl (C=O) groups is 2. The van der Waals surface area contributed by atoms with Crippen LogP contribution >= 0.6 is 24.0 Å². The smallest absolute Gasteiger partial charge is 0.326 e. The van der Waals surface area contributed by atoms with E-state index in [0.29, 0.717) is 17.1 Å². The summed E-state index contributed by atoms with van der Waals surface area (Å²) in [5.41, 5.74) is 0.314. The Bertz CT molecular complexity index is 906. The number of rotatable bonds is 4. The van der Waals surface area contributed by atoms with Gasteiger partial charge < -0.3 is 9.52 Å². The lowest BCUT2D eigenvalue weighted by molar-refractivity contribution is -0.144. The van der Waals surface area contributed by atoms with Crippen molar-refractivity contribution in [3.05, 3.63) is 52.9 Å². The Morgan fingerprint density at radius 2 is 2.08 bits per heavy atom. The molecule has 1 amide bonds. The van der Waals surface area contributed by atoms with E-state index < -0.39 is 23.7 Å². The van der Waals surface area contributed by atoms with Crippen molar-refractivity contribution in [2.24, 2.45) is 0 Å². The van der Waals surface area contributed by atoms with Gasteiger partial charge in [0, 0.05) is 6.08 Å². The van der Waals surface area contributed by atoms with Crippen molar-refractivity contribution >= 4 is 46.3 Å². The van der Waals surface area contributed by atoms with Gasteiger partial charge in [-0.2, -0.15) is 0 Å². The molecule has 0 spiro atoms. The van der Waals surface area contributed by atoms with Crippen LogP contribution in [0.3, 0.4) is 0 Å². The number of thioether (sulfide) groups is 1. The molecule has 0 saturated carbocycles. The fourth-order valence-corrected chi connectivity index (χ4v) is 3.69. The number of hydrogen-bond donors (Lipinski definition) is 1. The van der Waals surface area contributed by atoms with E-state index >= 15 is 0 Å². The Hall–Kier alpha value is -2.45. The molecule has 128 valence electrons. The highest BCUT2D eigenvalue weighted by atomic mass is 32.2. The van der Waals surface area contributed by atoms with Crippen molar-refractivity contribution in [2.45, 2.75) is 13.0 Å². The second-order valence-corrected chi connectivity index (χ2v) is 6.92. The Morgan fingerprint density at radius 3 is 2.76 bits per heavy atom. The number of halogens is 1. The number of amides is 1. The molecule has 1 aromatic heterocycles. The van der Waals surface area contributed by atoms with Gasteiger partial charge in [0.2, 0.25) is 0 Å². The number of furan rings is 1. The maximum Gasteiger partial charge on any atom is 0.326 e. The average molecular weight is 377 g/mol. The van der Waals surface area contributed by atoms with Crippen LogP contribution in [0.2, 0.25) is 0 Å². The Morgan fingerprint density at radius 1 is 1.36 bits per heavy atom. The van der Waals surface area contributed by atoms with Gasteiger partial charge in [-0.1, -0.05) is 36.1 Å². The van der Waals surface area contributed by atoms with E-state index in [1.165, 1.54) is 19.1 Å². The minimum Gasteiger partial charge on any atom is -0.480 e. The number of thiocarbonyl (C=S) groups is 1. The molecule has 1 aliphatic rings. The van der Waals surface area contributed by atoms with Crippen LogP contribution in [0.1, 0.15) is 12.7 Å². The molecule has 1 aliphatic heterocycles. The molecule has 2 aromatic rings. The van der Waals surface area contributed by atoms with E-state index in [1.807, 2.05) is 0 Å². The summed E-state index contributed by atoms with van der Waals surface area (Å²) in [6.07, 6.45) is 1.47.